The van der Waals surface area contributed by atoms with Gasteiger partial charge in [0.2, 0.25) is 5.91 Å². The maximum absolute atomic E-state index is 12.8. The van der Waals surface area contributed by atoms with E-state index in [0.717, 1.165) is 45.9 Å². The summed E-state index contributed by atoms with van der Waals surface area (Å²) in [4.78, 5) is 26.5. The van der Waals surface area contributed by atoms with Gasteiger partial charge in [-0.05, 0) is 75.8 Å². The van der Waals surface area contributed by atoms with E-state index in [1.807, 2.05) is 37.5 Å². The number of ether oxygens (including phenoxy) is 2. The Hall–Kier alpha value is -2.56. The van der Waals surface area contributed by atoms with Crippen molar-refractivity contribution < 1.29 is 19.1 Å². The number of aromatic nitrogens is 3. The topological polar surface area (TPSA) is 95.3 Å². The molecule has 0 radical (unpaired) electrons. The number of hydrogen-bond acceptors (Lipinski definition) is 8. The Kier molecular flexibility index (Phi) is 8.58. The van der Waals surface area contributed by atoms with Crippen LogP contribution in [-0.4, -0.2) is 39.0 Å². The third-order valence-electron chi connectivity index (χ3n) is 5.87. The summed E-state index contributed by atoms with van der Waals surface area (Å²) in [5.74, 6) is 0.945. The van der Waals surface area contributed by atoms with E-state index in [1.165, 1.54) is 23.1 Å². The Balaban J connectivity index is 1.39. The van der Waals surface area contributed by atoms with Gasteiger partial charge in [-0.2, -0.15) is 0 Å². The number of halogens is 1. The molecule has 1 N–H and O–H groups in total. The second kappa shape index (κ2) is 11.7. The lowest BCUT2D eigenvalue weighted by Crippen LogP contribution is -2.17. The molecule has 0 spiro atoms. The van der Waals surface area contributed by atoms with Crippen molar-refractivity contribution in [3.8, 4) is 5.75 Å². The molecule has 36 heavy (non-hydrogen) atoms. The number of aryl methyl sites for hydroxylation is 3. The summed E-state index contributed by atoms with van der Waals surface area (Å²) in [6, 6.07) is 3.79. The van der Waals surface area contributed by atoms with Gasteiger partial charge in [0.1, 0.15) is 17.4 Å². The average molecular weight is 549 g/mol. The van der Waals surface area contributed by atoms with E-state index < -0.39 is 0 Å². The van der Waals surface area contributed by atoms with Crippen molar-refractivity contribution >= 4 is 51.6 Å². The van der Waals surface area contributed by atoms with Crippen LogP contribution in [0.25, 0.3) is 0 Å². The molecule has 1 amide bonds. The Morgan fingerprint density at radius 2 is 1.94 bits per heavy atom. The van der Waals surface area contributed by atoms with Gasteiger partial charge in [0, 0.05) is 16.4 Å². The van der Waals surface area contributed by atoms with E-state index in [2.05, 4.69) is 15.5 Å². The van der Waals surface area contributed by atoms with E-state index >= 15 is 0 Å². The highest BCUT2D eigenvalue weighted by atomic mass is 35.5. The molecular formula is C25H29ClN4O4S2. The number of nitrogens with zero attached hydrogens (tertiary/aromatic N) is 3. The highest BCUT2D eigenvalue weighted by molar-refractivity contribution is 7.99. The van der Waals surface area contributed by atoms with Gasteiger partial charge >= 0.3 is 5.97 Å². The van der Waals surface area contributed by atoms with Crippen LogP contribution in [0, 0.1) is 13.8 Å². The lowest BCUT2D eigenvalue weighted by molar-refractivity contribution is -0.113. The van der Waals surface area contributed by atoms with Crippen LogP contribution in [-0.2, 0) is 35.5 Å². The quantitative estimate of drug-likeness (QED) is 0.260. The predicted molar refractivity (Wildman–Crippen MR) is 143 cm³/mol. The van der Waals surface area contributed by atoms with Gasteiger partial charge < -0.3 is 19.4 Å². The van der Waals surface area contributed by atoms with Crippen molar-refractivity contribution in [2.45, 2.75) is 65.3 Å². The number of hydrogen-bond donors (Lipinski definition) is 1. The van der Waals surface area contributed by atoms with Gasteiger partial charge in [0.15, 0.2) is 11.0 Å². The molecule has 1 aliphatic carbocycles. The van der Waals surface area contributed by atoms with Gasteiger partial charge in [0.25, 0.3) is 0 Å². The normalized spacial score (nSPS) is 12.5. The Labute approximate surface area is 223 Å². The SMILES string of the molecule is CCOC(=O)c1c(NC(=O)CSc2nnc(COc3cc(C)c(Cl)c(C)c3)n2CC)sc2c1CCC2. The Morgan fingerprint density at radius 3 is 2.64 bits per heavy atom. The van der Waals surface area contributed by atoms with E-state index in [9.17, 15) is 9.59 Å². The fourth-order valence-corrected chi connectivity index (χ4v) is 6.42. The maximum Gasteiger partial charge on any atom is 0.341 e. The molecule has 4 rings (SSSR count). The van der Waals surface area contributed by atoms with Crippen LogP contribution >= 0.6 is 34.7 Å². The second-order valence-corrected chi connectivity index (χ2v) is 10.8. The van der Waals surface area contributed by atoms with Crippen LogP contribution < -0.4 is 10.1 Å². The van der Waals surface area contributed by atoms with Gasteiger partial charge in [-0.25, -0.2) is 4.79 Å². The van der Waals surface area contributed by atoms with E-state index in [-0.39, 0.29) is 24.2 Å². The number of nitrogens with one attached hydrogen (secondary N) is 1. The Morgan fingerprint density at radius 1 is 1.19 bits per heavy atom. The zero-order valence-electron chi connectivity index (χ0n) is 20.8. The number of thiophene rings is 1. The molecule has 2 heterocycles. The minimum Gasteiger partial charge on any atom is -0.486 e. The lowest BCUT2D eigenvalue weighted by Gasteiger charge is -2.11. The van der Waals surface area contributed by atoms with Gasteiger partial charge in [0.05, 0.1) is 17.9 Å². The number of benzene rings is 1. The maximum atomic E-state index is 12.8. The molecule has 3 aromatic rings. The predicted octanol–water partition coefficient (Wildman–Crippen LogP) is 5.60. The average Bonchev–Trinajstić information content (AvgIpc) is 3.54. The first kappa shape index (κ1) is 26.5. The van der Waals surface area contributed by atoms with Crippen LogP contribution in [0.15, 0.2) is 17.3 Å². The standard InChI is InChI=1S/C25H29ClN4O4S2/c1-5-30-19(12-34-16-10-14(3)22(26)15(4)11-16)28-29-25(30)35-13-20(31)27-23-21(24(32)33-6-2)17-8-7-9-18(17)36-23/h10-11H,5-9,12-13H2,1-4H3,(H,27,31). The van der Waals surface area contributed by atoms with Crippen molar-refractivity contribution in [1.82, 2.24) is 14.8 Å². The molecule has 0 aliphatic heterocycles. The summed E-state index contributed by atoms with van der Waals surface area (Å²) in [7, 11) is 0. The molecular weight excluding hydrogens is 520 g/mol. The van der Waals surface area contributed by atoms with Crippen LogP contribution in [0.2, 0.25) is 5.02 Å². The monoisotopic (exact) mass is 548 g/mol. The summed E-state index contributed by atoms with van der Waals surface area (Å²) in [5, 5.41) is 13.4. The zero-order valence-corrected chi connectivity index (χ0v) is 23.2. The van der Waals surface area contributed by atoms with Crippen LogP contribution in [0.4, 0.5) is 5.00 Å². The van der Waals surface area contributed by atoms with Gasteiger partial charge in [-0.1, -0.05) is 23.4 Å². The fourth-order valence-electron chi connectivity index (χ4n) is 4.19. The molecule has 2 aromatic heterocycles. The molecule has 8 nitrogen and oxygen atoms in total. The van der Waals surface area contributed by atoms with Crippen molar-refractivity contribution in [1.29, 1.82) is 0 Å². The number of fused-ring (bicyclic) bond motifs is 1. The number of rotatable bonds is 10. The summed E-state index contributed by atoms with van der Waals surface area (Å²) in [6.07, 6.45) is 2.79. The lowest BCUT2D eigenvalue weighted by atomic mass is 10.1. The number of carbonyl (C=O) groups excluding carboxylic acids is 2. The number of amides is 1. The summed E-state index contributed by atoms with van der Waals surface area (Å²) in [5.41, 5.74) is 3.43. The molecule has 192 valence electrons. The van der Waals surface area contributed by atoms with Crippen molar-refractivity contribution in [2.75, 3.05) is 17.7 Å². The molecule has 0 fully saturated rings. The molecule has 0 atom stereocenters. The molecule has 0 saturated heterocycles. The number of thioether (sulfide) groups is 1. The van der Waals surface area contributed by atoms with Crippen molar-refractivity contribution in [3.05, 3.63) is 50.1 Å². The van der Waals surface area contributed by atoms with E-state index in [0.29, 0.717) is 40.4 Å². The first-order chi connectivity index (χ1) is 17.3. The van der Waals surface area contributed by atoms with Gasteiger partial charge in [-0.3, -0.25) is 4.79 Å². The zero-order chi connectivity index (χ0) is 25.8. The minimum atomic E-state index is -0.374. The van der Waals surface area contributed by atoms with Crippen LogP contribution in [0.1, 0.15) is 58.0 Å². The minimum absolute atomic E-state index is 0.138. The molecule has 0 unspecified atom stereocenters. The molecule has 1 aromatic carbocycles. The van der Waals surface area contributed by atoms with Crippen LogP contribution in [0.3, 0.4) is 0 Å². The van der Waals surface area contributed by atoms with Gasteiger partial charge in [-0.15, -0.1) is 21.5 Å². The molecule has 0 saturated carbocycles. The van der Waals surface area contributed by atoms with Crippen LogP contribution in [0.5, 0.6) is 5.75 Å². The summed E-state index contributed by atoms with van der Waals surface area (Å²) in [6.45, 7) is 8.83. The number of carbonyl (C=O) groups is 2. The highest BCUT2D eigenvalue weighted by Gasteiger charge is 2.28. The highest BCUT2D eigenvalue weighted by Crippen LogP contribution is 2.39. The first-order valence-electron chi connectivity index (χ1n) is 11.9. The third-order valence-corrected chi connectivity index (χ3v) is 8.64. The number of anilines is 1. The molecule has 0 bridgehead atoms. The summed E-state index contributed by atoms with van der Waals surface area (Å²) >= 11 is 9.01. The third kappa shape index (κ3) is 5.71. The van der Waals surface area contributed by atoms with Crippen molar-refractivity contribution in [3.63, 3.8) is 0 Å². The Bertz CT molecular complexity index is 1260. The largest absolute Gasteiger partial charge is 0.486 e. The smallest absolute Gasteiger partial charge is 0.341 e. The van der Waals surface area contributed by atoms with Crippen molar-refractivity contribution in [2.24, 2.45) is 0 Å². The first-order valence-corrected chi connectivity index (χ1v) is 14.1. The molecule has 1 aliphatic rings. The second-order valence-electron chi connectivity index (χ2n) is 8.42. The molecule has 11 heteroatoms. The fraction of sp³-hybridized carbons (Fsp3) is 0.440. The van der Waals surface area contributed by atoms with E-state index in [4.69, 9.17) is 21.1 Å². The summed E-state index contributed by atoms with van der Waals surface area (Å²) < 4.78 is 13.1. The van der Waals surface area contributed by atoms with E-state index in [1.54, 1.807) is 6.92 Å². The number of esters is 1.